The zero-order valence-electron chi connectivity index (χ0n) is 14.2. The van der Waals surface area contributed by atoms with Gasteiger partial charge in [0.1, 0.15) is 0 Å². The number of fused-ring (bicyclic) bond motifs is 3. The van der Waals surface area contributed by atoms with Crippen LogP contribution in [0, 0.1) is 40.0 Å². The predicted molar refractivity (Wildman–Crippen MR) is 81.9 cm³/mol. The lowest BCUT2D eigenvalue weighted by molar-refractivity contribution is 0.0877. The van der Waals surface area contributed by atoms with Crippen molar-refractivity contribution in [1.82, 2.24) is 5.32 Å². The molecule has 136 valence electrons. The molecule has 1 aromatic carbocycles. The van der Waals surface area contributed by atoms with Crippen molar-refractivity contribution in [2.24, 2.45) is 16.7 Å². The summed E-state index contributed by atoms with van der Waals surface area (Å²) in [4.78, 5) is 21.8. The molecule has 3 aliphatic rings. The average Bonchev–Trinajstić information content (AvgIpc) is 3.06. The molecule has 0 unspecified atom stereocenters. The minimum absolute atomic E-state index is 0.660. The van der Waals surface area contributed by atoms with Crippen molar-refractivity contribution >= 4 is 11.8 Å². The Kier molecular flexibility index (Phi) is 3.96. The maximum absolute atomic E-state index is 13.0. The van der Waals surface area contributed by atoms with Crippen LogP contribution in [0.1, 0.15) is 67.2 Å². The summed E-state index contributed by atoms with van der Waals surface area (Å²) in [5.41, 5.74) is -0.835. The molecule has 0 saturated heterocycles. The second-order valence-corrected chi connectivity index (χ2v) is 7.85. The summed E-state index contributed by atoms with van der Waals surface area (Å²) < 4.78 is 51.3. The number of halogens is 4. The van der Waals surface area contributed by atoms with Crippen LogP contribution < -0.4 is 5.32 Å². The molecule has 1 aliphatic heterocycles. The summed E-state index contributed by atoms with van der Waals surface area (Å²) in [6, 6.07) is 0. The SMILES string of the molecule is CC12CCC(CC1)C2(C)C.O=C1NC(=O)c2c(F)c(F)c(F)c(F)c21. The van der Waals surface area contributed by atoms with Crippen LogP contribution in [0.25, 0.3) is 0 Å². The molecule has 25 heavy (non-hydrogen) atoms. The summed E-state index contributed by atoms with van der Waals surface area (Å²) in [5, 5.41) is 1.53. The molecule has 2 amide bonds. The predicted octanol–water partition coefficient (Wildman–Crippen LogP) is 4.35. The summed E-state index contributed by atoms with van der Waals surface area (Å²) in [6.45, 7) is 7.43. The molecule has 0 atom stereocenters. The van der Waals surface area contributed by atoms with E-state index in [-0.39, 0.29) is 0 Å². The summed E-state index contributed by atoms with van der Waals surface area (Å²) in [5.74, 6) is -9.49. The van der Waals surface area contributed by atoms with Gasteiger partial charge in [-0.25, -0.2) is 17.6 Å². The number of imide groups is 1. The molecule has 7 heteroatoms. The second kappa shape index (κ2) is 5.54. The standard InChI is InChI=1S/C10H18.C8HF4NO2/c1-9(2)8-4-6-10(9,3)7-5-8;9-3-1-2(8(15)13-7(1)14)4(10)6(12)5(3)11/h8H,4-7H2,1-3H3;(H,13,14,15). The van der Waals surface area contributed by atoms with Crippen molar-refractivity contribution in [2.75, 3.05) is 0 Å². The van der Waals surface area contributed by atoms with E-state index < -0.39 is 46.2 Å². The highest BCUT2D eigenvalue weighted by atomic mass is 19.2. The van der Waals surface area contributed by atoms with Crippen LogP contribution in [0.2, 0.25) is 0 Å². The topological polar surface area (TPSA) is 46.2 Å². The Balaban J connectivity index is 0.000000157. The normalized spacial score (nSPS) is 28.5. The molecule has 4 rings (SSSR count). The Morgan fingerprint density at radius 2 is 1.20 bits per heavy atom. The highest BCUT2D eigenvalue weighted by Crippen LogP contribution is 2.65. The number of hydrogen-bond acceptors (Lipinski definition) is 2. The van der Waals surface area contributed by atoms with Gasteiger partial charge >= 0.3 is 0 Å². The molecular formula is C18H19F4NO2. The van der Waals surface area contributed by atoms with Crippen LogP contribution in [0.4, 0.5) is 17.6 Å². The molecule has 0 aromatic heterocycles. The molecule has 1 aromatic rings. The Bertz CT molecular complexity index is 732. The van der Waals surface area contributed by atoms with Crippen LogP contribution in [-0.4, -0.2) is 11.8 Å². The molecule has 0 radical (unpaired) electrons. The van der Waals surface area contributed by atoms with E-state index in [1.807, 2.05) is 0 Å². The number of carbonyl (C=O) groups is 2. The highest BCUT2D eigenvalue weighted by Gasteiger charge is 2.55. The first-order chi connectivity index (χ1) is 11.5. The molecule has 2 bridgehead atoms. The molecule has 2 saturated carbocycles. The number of carbonyl (C=O) groups excluding carboxylic acids is 2. The third kappa shape index (κ3) is 2.39. The van der Waals surface area contributed by atoms with Crippen molar-refractivity contribution in [1.29, 1.82) is 0 Å². The summed E-state index contributed by atoms with van der Waals surface area (Å²) >= 11 is 0. The van der Waals surface area contributed by atoms with Crippen molar-refractivity contribution in [3.8, 4) is 0 Å². The largest absolute Gasteiger partial charge is 0.288 e. The third-order valence-corrected chi connectivity index (χ3v) is 6.61. The first kappa shape index (κ1) is 17.9. The molecular weight excluding hydrogens is 338 g/mol. The van der Waals surface area contributed by atoms with Crippen LogP contribution in [0.5, 0.6) is 0 Å². The van der Waals surface area contributed by atoms with E-state index in [0.29, 0.717) is 10.8 Å². The zero-order chi connectivity index (χ0) is 18.7. The van der Waals surface area contributed by atoms with Gasteiger partial charge in [-0.05, 0) is 42.4 Å². The minimum Gasteiger partial charge on any atom is -0.288 e. The van der Waals surface area contributed by atoms with Crippen molar-refractivity contribution < 1.29 is 27.2 Å². The molecule has 3 nitrogen and oxygen atoms in total. The van der Waals surface area contributed by atoms with Gasteiger partial charge in [-0.15, -0.1) is 0 Å². The van der Waals surface area contributed by atoms with Gasteiger partial charge in [-0.3, -0.25) is 14.9 Å². The Morgan fingerprint density at radius 1 is 0.800 bits per heavy atom. The fourth-order valence-electron chi connectivity index (χ4n) is 4.40. The van der Waals surface area contributed by atoms with Gasteiger partial charge < -0.3 is 0 Å². The Morgan fingerprint density at radius 3 is 1.44 bits per heavy atom. The van der Waals surface area contributed by atoms with Crippen LogP contribution in [0.15, 0.2) is 0 Å². The van der Waals surface area contributed by atoms with Crippen molar-refractivity contribution in [3.05, 3.63) is 34.4 Å². The van der Waals surface area contributed by atoms with E-state index in [1.54, 1.807) is 0 Å². The second-order valence-electron chi connectivity index (χ2n) is 7.85. The molecule has 1 heterocycles. The zero-order valence-corrected chi connectivity index (χ0v) is 14.2. The van der Waals surface area contributed by atoms with Gasteiger partial charge in [0.15, 0.2) is 23.3 Å². The molecule has 0 spiro atoms. The fraction of sp³-hybridized carbons (Fsp3) is 0.556. The lowest BCUT2D eigenvalue weighted by Gasteiger charge is -2.34. The quantitative estimate of drug-likeness (QED) is 0.325. The van der Waals surface area contributed by atoms with Crippen molar-refractivity contribution in [2.45, 2.75) is 46.5 Å². The number of hydrogen-bond donors (Lipinski definition) is 1. The average molecular weight is 357 g/mol. The first-order valence-electron chi connectivity index (χ1n) is 8.23. The Hall–Kier alpha value is -1.92. The fourth-order valence-corrected chi connectivity index (χ4v) is 4.40. The van der Waals surface area contributed by atoms with Gasteiger partial charge in [0, 0.05) is 0 Å². The van der Waals surface area contributed by atoms with Gasteiger partial charge in [-0.1, -0.05) is 20.8 Å². The van der Waals surface area contributed by atoms with E-state index in [4.69, 9.17) is 0 Å². The monoisotopic (exact) mass is 357 g/mol. The van der Waals surface area contributed by atoms with E-state index in [1.165, 1.54) is 31.0 Å². The maximum atomic E-state index is 13.0. The molecule has 2 aliphatic carbocycles. The van der Waals surface area contributed by atoms with Gasteiger partial charge in [-0.2, -0.15) is 0 Å². The van der Waals surface area contributed by atoms with Gasteiger partial charge in [0.2, 0.25) is 0 Å². The number of nitrogens with one attached hydrogen (secondary N) is 1. The van der Waals surface area contributed by atoms with Crippen molar-refractivity contribution in [3.63, 3.8) is 0 Å². The molecule has 2 fully saturated rings. The van der Waals surface area contributed by atoms with E-state index in [2.05, 4.69) is 20.8 Å². The van der Waals surface area contributed by atoms with Crippen LogP contribution in [-0.2, 0) is 0 Å². The smallest absolute Gasteiger partial charge is 0.262 e. The third-order valence-electron chi connectivity index (χ3n) is 6.61. The maximum Gasteiger partial charge on any atom is 0.262 e. The lowest BCUT2D eigenvalue weighted by atomic mass is 9.71. The van der Waals surface area contributed by atoms with E-state index >= 15 is 0 Å². The molecule has 1 N–H and O–H groups in total. The summed E-state index contributed by atoms with van der Waals surface area (Å²) in [7, 11) is 0. The number of benzene rings is 1. The van der Waals surface area contributed by atoms with E-state index in [9.17, 15) is 27.2 Å². The number of amides is 2. The van der Waals surface area contributed by atoms with Crippen LogP contribution >= 0.6 is 0 Å². The lowest BCUT2D eigenvalue weighted by Crippen LogP contribution is -2.26. The first-order valence-corrected chi connectivity index (χ1v) is 8.23. The van der Waals surface area contributed by atoms with E-state index in [0.717, 1.165) is 5.92 Å². The highest BCUT2D eigenvalue weighted by molar-refractivity contribution is 6.21. The Labute approximate surface area is 142 Å². The summed E-state index contributed by atoms with van der Waals surface area (Å²) in [6.07, 6.45) is 5.99. The van der Waals surface area contributed by atoms with Crippen LogP contribution in [0.3, 0.4) is 0 Å². The van der Waals surface area contributed by atoms with Gasteiger partial charge in [0.25, 0.3) is 11.8 Å². The van der Waals surface area contributed by atoms with Gasteiger partial charge in [0.05, 0.1) is 11.1 Å². The minimum atomic E-state index is -2.11. The number of rotatable bonds is 0.